The van der Waals surface area contributed by atoms with Gasteiger partial charge in [-0.25, -0.2) is 4.68 Å². The van der Waals surface area contributed by atoms with Crippen molar-refractivity contribution in [3.63, 3.8) is 0 Å². The number of hydrogen-bond donors (Lipinski definition) is 3. The van der Waals surface area contributed by atoms with Gasteiger partial charge in [0.05, 0.1) is 12.7 Å². The quantitative estimate of drug-likeness (QED) is 0.497. The molecule has 1 aromatic heterocycles. The summed E-state index contributed by atoms with van der Waals surface area (Å²) < 4.78 is 1.29. The number of carboxylic acids is 1. The van der Waals surface area contributed by atoms with Crippen molar-refractivity contribution in [3.05, 3.63) is 6.20 Å². The summed E-state index contributed by atoms with van der Waals surface area (Å²) in [6, 6.07) is -0.980. The first-order valence-electron chi connectivity index (χ1n) is 3.23. The highest BCUT2D eigenvalue weighted by atomic mass is 16.4. The third-order valence-electron chi connectivity index (χ3n) is 1.26. The van der Waals surface area contributed by atoms with E-state index in [1.165, 1.54) is 10.9 Å². The lowest BCUT2D eigenvalue weighted by molar-refractivity contribution is -0.138. The smallest absolute Gasteiger partial charge is 0.322 e. The molecule has 0 saturated heterocycles. The Bertz CT molecular complexity index is 283. The van der Waals surface area contributed by atoms with Crippen LogP contribution >= 0.6 is 0 Å². The molecule has 0 aliphatic heterocycles. The van der Waals surface area contributed by atoms with Gasteiger partial charge in [-0.1, -0.05) is 5.21 Å². The molecule has 0 aliphatic carbocycles. The van der Waals surface area contributed by atoms with E-state index in [2.05, 4.69) is 10.3 Å². The maximum atomic E-state index is 10.3. The SMILES string of the molecule is Nc1cn(CC(N)C(=O)O)nn1. The minimum absolute atomic E-state index is 0.0690. The summed E-state index contributed by atoms with van der Waals surface area (Å²) in [5.41, 5.74) is 10.5. The van der Waals surface area contributed by atoms with E-state index in [0.29, 0.717) is 0 Å². The van der Waals surface area contributed by atoms with Crippen molar-refractivity contribution in [1.29, 1.82) is 0 Å². The van der Waals surface area contributed by atoms with Gasteiger partial charge in [0.1, 0.15) is 6.04 Å². The second kappa shape index (κ2) is 3.18. The van der Waals surface area contributed by atoms with Crippen molar-refractivity contribution in [1.82, 2.24) is 15.0 Å². The molecule has 1 rings (SSSR count). The molecule has 0 radical (unpaired) electrons. The number of nitrogens with zero attached hydrogens (tertiary/aromatic N) is 3. The van der Waals surface area contributed by atoms with Crippen LogP contribution in [0.25, 0.3) is 0 Å². The fourth-order valence-corrected chi connectivity index (χ4v) is 0.682. The molecule has 0 spiro atoms. The highest BCUT2D eigenvalue weighted by Crippen LogP contribution is 1.93. The van der Waals surface area contributed by atoms with E-state index in [0.717, 1.165) is 0 Å². The van der Waals surface area contributed by atoms with Crippen LogP contribution in [0.1, 0.15) is 0 Å². The summed E-state index contributed by atoms with van der Waals surface area (Å²) >= 11 is 0. The molecule has 0 aromatic carbocycles. The predicted octanol–water partition coefficient (Wildman–Crippen LogP) is -1.73. The lowest BCUT2D eigenvalue weighted by Gasteiger charge is -2.03. The molecule has 0 saturated carbocycles. The van der Waals surface area contributed by atoms with Crippen LogP contribution in [0, 0.1) is 0 Å². The average Bonchev–Trinajstić information content (AvgIpc) is 2.35. The Balaban J connectivity index is 2.58. The van der Waals surface area contributed by atoms with Crippen LogP contribution in [0.15, 0.2) is 6.20 Å². The summed E-state index contributed by atoms with van der Waals surface area (Å²) in [7, 11) is 0. The Labute approximate surface area is 68.0 Å². The number of rotatable bonds is 3. The van der Waals surface area contributed by atoms with Gasteiger partial charge in [0.2, 0.25) is 0 Å². The zero-order chi connectivity index (χ0) is 9.14. The molecule has 7 heteroatoms. The van der Waals surface area contributed by atoms with Gasteiger partial charge in [0, 0.05) is 0 Å². The first kappa shape index (κ1) is 8.47. The van der Waals surface area contributed by atoms with Gasteiger partial charge in [0.25, 0.3) is 0 Å². The highest BCUT2D eigenvalue weighted by molar-refractivity contribution is 5.72. The molecule has 12 heavy (non-hydrogen) atoms. The van der Waals surface area contributed by atoms with Crippen LogP contribution in [0.2, 0.25) is 0 Å². The van der Waals surface area contributed by atoms with Gasteiger partial charge in [-0.05, 0) is 0 Å². The van der Waals surface area contributed by atoms with Crippen molar-refractivity contribution in [3.8, 4) is 0 Å². The zero-order valence-corrected chi connectivity index (χ0v) is 6.21. The van der Waals surface area contributed by atoms with Crippen molar-refractivity contribution in [2.45, 2.75) is 12.6 Å². The maximum Gasteiger partial charge on any atom is 0.322 e. The van der Waals surface area contributed by atoms with E-state index in [4.69, 9.17) is 16.6 Å². The molecule has 0 aliphatic rings. The Kier molecular flexibility index (Phi) is 2.24. The summed E-state index contributed by atoms with van der Waals surface area (Å²) in [6.45, 7) is 0.0690. The first-order valence-corrected chi connectivity index (χ1v) is 3.23. The number of carbonyl (C=O) groups is 1. The van der Waals surface area contributed by atoms with Gasteiger partial charge in [-0.2, -0.15) is 0 Å². The van der Waals surface area contributed by atoms with E-state index in [1.54, 1.807) is 0 Å². The van der Waals surface area contributed by atoms with Gasteiger partial charge in [0.15, 0.2) is 5.82 Å². The molecular weight excluding hydrogens is 162 g/mol. The Morgan fingerprint density at radius 3 is 2.92 bits per heavy atom. The van der Waals surface area contributed by atoms with Gasteiger partial charge >= 0.3 is 5.97 Å². The number of aromatic nitrogens is 3. The van der Waals surface area contributed by atoms with Crippen molar-refractivity contribution in [2.75, 3.05) is 5.73 Å². The van der Waals surface area contributed by atoms with E-state index in [-0.39, 0.29) is 12.4 Å². The van der Waals surface area contributed by atoms with Crippen LogP contribution in [-0.4, -0.2) is 32.1 Å². The molecule has 1 heterocycles. The van der Waals surface area contributed by atoms with E-state index < -0.39 is 12.0 Å². The number of nitrogen functional groups attached to an aromatic ring is 1. The van der Waals surface area contributed by atoms with Crippen molar-refractivity contribution in [2.24, 2.45) is 5.73 Å². The van der Waals surface area contributed by atoms with Gasteiger partial charge in [-0.3, -0.25) is 4.79 Å². The van der Waals surface area contributed by atoms with E-state index in [1.807, 2.05) is 0 Å². The van der Waals surface area contributed by atoms with Gasteiger partial charge in [-0.15, -0.1) is 5.10 Å². The summed E-state index contributed by atoms with van der Waals surface area (Å²) in [4.78, 5) is 10.3. The monoisotopic (exact) mass is 171 g/mol. The minimum atomic E-state index is -1.08. The fraction of sp³-hybridized carbons (Fsp3) is 0.400. The largest absolute Gasteiger partial charge is 0.480 e. The molecule has 5 N–H and O–H groups in total. The highest BCUT2D eigenvalue weighted by Gasteiger charge is 2.12. The van der Waals surface area contributed by atoms with Crippen LogP contribution < -0.4 is 11.5 Å². The lowest BCUT2D eigenvalue weighted by atomic mass is 10.3. The number of anilines is 1. The molecule has 0 fully saturated rings. The second-order valence-corrected chi connectivity index (χ2v) is 2.31. The summed E-state index contributed by atoms with van der Waals surface area (Å²) in [6.07, 6.45) is 1.42. The molecule has 7 nitrogen and oxygen atoms in total. The van der Waals surface area contributed by atoms with E-state index in [9.17, 15) is 4.79 Å². The zero-order valence-electron chi connectivity index (χ0n) is 6.21. The molecule has 0 bridgehead atoms. The van der Waals surface area contributed by atoms with Gasteiger partial charge < -0.3 is 16.6 Å². The first-order chi connectivity index (χ1) is 5.59. The predicted molar refractivity (Wildman–Crippen MR) is 40.0 cm³/mol. The molecular formula is C5H9N5O2. The van der Waals surface area contributed by atoms with Crippen LogP contribution in [0.3, 0.4) is 0 Å². The number of aliphatic carboxylic acids is 1. The van der Waals surface area contributed by atoms with E-state index >= 15 is 0 Å². The molecule has 66 valence electrons. The lowest BCUT2D eigenvalue weighted by Crippen LogP contribution is -2.34. The Morgan fingerprint density at radius 2 is 2.50 bits per heavy atom. The fourth-order valence-electron chi connectivity index (χ4n) is 0.682. The van der Waals surface area contributed by atoms with Crippen molar-refractivity contribution < 1.29 is 9.90 Å². The number of hydrogen-bond acceptors (Lipinski definition) is 5. The standard InChI is InChI=1S/C5H9N5O2/c6-3(5(11)12)1-10-2-4(7)8-9-10/h2-3H,1,6-7H2,(H,11,12). The summed E-state index contributed by atoms with van der Waals surface area (Å²) in [5, 5.41) is 15.4. The maximum absolute atomic E-state index is 10.3. The number of nitrogens with two attached hydrogens (primary N) is 2. The topological polar surface area (TPSA) is 120 Å². The average molecular weight is 171 g/mol. The second-order valence-electron chi connectivity index (χ2n) is 2.31. The molecule has 1 unspecified atom stereocenters. The van der Waals surface area contributed by atoms with Crippen LogP contribution in [0.4, 0.5) is 5.82 Å². The number of carboxylic acid groups (broad SMARTS) is 1. The minimum Gasteiger partial charge on any atom is -0.480 e. The molecule has 1 atom stereocenters. The Morgan fingerprint density at radius 1 is 1.83 bits per heavy atom. The Hall–Kier alpha value is -1.63. The summed E-state index contributed by atoms with van der Waals surface area (Å²) in [5.74, 6) is -0.836. The molecule has 1 aromatic rings. The normalized spacial score (nSPS) is 12.8. The van der Waals surface area contributed by atoms with Crippen molar-refractivity contribution >= 4 is 11.8 Å². The third-order valence-corrected chi connectivity index (χ3v) is 1.26. The molecule has 0 amide bonds. The van der Waals surface area contributed by atoms with Crippen LogP contribution in [-0.2, 0) is 11.3 Å². The van der Waals surface area contributed by atoms with Crippen LogP contribution in [0.5, 0.6) is 0 Å². The third kappa shape index (κ3) is 1.92.